The third-order valence-corrected chi connectivity index (χ3v) is 6.90. The van der Waals surface area contributed by atoms with Gasteiger partial charge in [0, 0.05) is 16.8 Å². The first kappa shape index (κ1) is 20.3. The Labute approximate surface area is 171 Å². The number of rotatable bonds is 6. The van der Waals surface area contributed by atoms with Gasteiger partial charge < -0.3 is 9.64 Å². The van der Waals surface area contributed by atoms with Gasteiger partial charge in [-0.25, -0.2) is 0 Å². The summed E-state index contributed by atoms with van der Waals surface area (Å²) in [6.07, 6.45) is 0.687. The van der Waals surface area contributed by atoms with Crippen molar-refractivity contribution in [1.29, 1.82) is 0 Å². The molecule has 0 aliphatic carbocycles. The molecule has 144 valence electrons. The number of benzene rings is 2. The van der Waals surface area contributed by atoms with Crippen molar-refractivity contribution in [3.05, 3.63) is 64.1 Å². The fourth-order valence-electron chi connectivity index (χ4n) is 3.28. The summed E-state index contributed by atoms with van der Waals surface area (Å²) in [5.41, 5.74) is 0.953. The fourth-order valence-corrected chi connectivity index (χ4v) is 5.24. The molecule has 2 aromatic rings. The minimum absolute atomic E-state index is 0.0410. The standard InChI is InChI=1S/C20H21Cl2NO3S/c1-2-16(13-27(25)19-6-4-3-5-17(19)22)23-18(11-26-12-20(23)24)14-7-9-15(21)10-8-14/h3-10,16,18H,2,11-13H2,1H3/t16-,18-,27?/m0/s1. The van der Waals surface area contributed by atoms with Crippen LogP contribution in [0.1, 0.15) is 24.9 Å². The Bertz CT molecular complexity index is 828. The first-order chi connectivity index (χ1) is 13.0. The Morgan fingerprint density at radius 2 is 1.89 bits per heavy atom. The molecule has 1 unspecified atom stereocenters. The smallest absolute Gasteiger partial charge is 0.249 e. The molecule has 3 atom stereocenters. The highest BCUT2D eigenvalue weighted by atomic mass is 35.5. The Kier molecular flexibility index (Phi) is 6.93. The number of nitrogens with zero attached hydrogens (tertiary/aromatic N) is 1. The second kappa shape index (κ2) is 9.20. The molecule has 1 fully saturated rings. The van der Waals surface area contributed by atoms with Crippen molar-refractivity contribution in [2.24, 2.45) is 0 Å². The summed E-state index contributed by atoms with van der Waals surface area (Å²) in [5, 5.41) is 1.12. The molecule has 0 saturated carbocycles. The molecule has 0 spiro atoms. The number of carbonyl (C=O) groups excluding carboxylic acids is 1. The molecule has 7 heteroatoms. The lowest BCUT2D eigenvalue weighted by Crippen LogP contribution is -2.51. The Morgan fingerprint density at radius 1 is 1.19 bits per heavy atom. The highest BCUT2D eigenvalue weighted by Gasteiger charge is 2.35. The second-order valence-electron chi connectivity index (χ2n) is 6.39. The largest absolute Gasteiger partial charge is 0.369 e. The van der Waals surface area contributed by atoms with Crippen LogP contribution in [0.15, 0.2) is 53.4 Å². The van der Waals surface area contributed by atoms with E-state index in [2.05, 4.69) is 0 Å². The summed E-state index contributed by atoms with van der Waals surface area (Å²) in [4.78, 5) is 15.1. The lowest BCUT2D eigenvalue weighted by Gasteiger charge is -2.41. The van der Waals surface area contributed by atoms with Gasteiger partial charge in [-0.2, -0.15) is 0 Å². The summed E-state index contributed by atoms with van der Waals surface area (Å²) >= 11 is 12.2. The predicted molar refractivity (Wildman–Crippen MR) is 109 cm³/mol. The Balaban J connectivity index is 1.86. The van der Waals surface area contributed by atoms with Gasteiger partial charge in [-0.1, -0.05) is 54.4 Å². The average molecular weight is 426 g/mol. The van der Waals surface area contributed by atoms with Crippen molar-refractivity contribution < 1.29 is 13.7 Å². The first-order valence-electron chi connectivity index (χ1n) is 8.78. The van der Waals surface area contributed by atoms with Crippen molar-refractivity contribution in [3.8, 4) is 0 Å². The number of hydrogen-bond donors (Lipinski definition) is 0. The van der Waals surface area contributed by atoms with Crippen LogP contribution < -0.4 is 0 Å². The maximum absolute atomic E-state index is 12.9. The highest BCUT2D eigenvalue weighted by Crippen LogP contribution is 2.30. The van der Waals surface area contributed by atoms with Crippen molar-refractivity contribution in [2.45, 2.75) is 30.3 Å². The van der Waals surface area contributed by atoms with Crippen LogP contribution in [-0.4, -0.2) is 40.0 Å². The van der Waals surface area contributed by atoms with Crippen LogP contribution in [-0.2, 0) is 20.3 Å². The fraction of sp³-hybridized carbons (Fsp3) is 0.350. The van der Waals surface area contributed by atoms with Crippen molar-refractivity contribution in [3.63, 3.8) is 0 Å². The zero-order valence-corrected chi connectivity index (χ0v) is 17.3. The van der Waals surface area contributed by atoms with Crippen LogP contribution >= 0.6 is 23.2 Å². The van der Waals surface area contributed by atoms with Gasteiger partial charge in [-0.3, -0.25) is 9.00 Å². The molecule has 0 bridgehead atoms. The topological polar surface area (TPSA) is 46.6 Å². The number of amides is 1. The van der Waals surface area contributed by atoms with E-state index < -0.39 is 10.8 Å². The summed E-state index contributed by atoms with van der Waals surface area (Å²) in [5.74, 6) is 0.236. The van der Waals surface area contributed by atoms with Crippen molar-refractivity contribution >= 4 is 39.9 Å². The number of halogens is 2. The third kappa shape index (κ3) is 4.72. The van der Waals surface area contributed by atoms with Gasteiger partial charge in [0.25, 0.3) is 0 Å². The van der Waals surface area contributed by atoms with E-state index >= 15 is 0 Å². The highest BCUT2D eigenvalue weighted by molar-refractivity contribution is 7.85. The van der Waals surface area contributed by atoms with Crippen LogP contribution in [0.2, 0.25) is 10.0 Å². The predicted octanol–water partition coefficient (Wildman–Crippen LogP) is 4.48. The Hall–Kier alpha value is -1.40. The second-order valence-corrected chi connectivity index (χ2v) is 8.70. The number of hydrogen-bond acceptors (Lipinski definition) is 3. The zero-order chi connectivity index (χ0) is 19.4. The summed E-state index contributed by atoms with van der Waals surface area (Å²) in [7, 11) is -1.30. The van der Waals surface area contributed by atoms with Crippen LogP contribution in [0.4, 0.5) is 0 Å². The minimum Gasteiger partial charge on any atom is -0.369 e. The lowest BCUT2D eigenvalue weighted by atomic mass is 10.0. The van der Waals surface area contributed by atoms with Gasteiger partial charge >= 0.3 is 0 Å². The summed E-state index contributed by atoms with van der Waals surface area (Å²) in [6, 6.07) is 14.1. The number of carbonyl (C=O) groups is 1. The van der Waals surface area contributed by atoms with Gasteiger partial charge in [-0.05, 0) is 36.2 Å². The number of morpholine rings is 1. The molecular weight excluding hydrogens is 405 g/mol. The molecule has 27 heavy (non-hydrogen) atoms. The van der Waals surface area contributed by atoms with Crippen LogP contribution in [0, 0.1) is 0 Å². The normalized spacial score (nSPS) is 19.7. The molecular formula is C20H21Cl2NO3S. The van der Waals surface area contributed by atoms with E-state index in [1.165, 1.54) is 0 Å². The molecule has 3 rings (SSSR count). The quantitative estimate of drug-likeness (QED) is 0.685. The van der Waals surface area contributed by atoms with Gasteiger partial charge in [0.1, 0.15) is 6.61 Å². The first-order valence-corrected chi connectivity index (χ1v) is 10.9. The van der Waals surface area contributed by atoms with Crippen molar-refractivity contribution in [1.82, 2.24) is 4.90 Å². The van der Waals surface area contributed by atoms with Gasteiger partial charge in [0.05, 0.1) is 33.4 Å². The average Bonchev–Trinajstić information content (AvgIpc) is 2.67. The lowest BCUT2D eigenvalue weighted by molar-refractivity contribution is -0.151. The minimum atomic E-state index is -1.30. The Morgan fingerprint density at radius 3 is 2.56 bits per heavy atom. The molecule has 1 aliphatic heterocycles. The van der Waals surface area contributed by atoms with Gasteiger partial charge in [0.15, 0.2) is 0 Å². The van der Waals surface area contributed by atoms with E-state index in [1.54, 1.807) is 24.3 Å². The SMILES string of the molecule is CC[C@@H](CS(=O)c1ccccc1Cl)N1C(=O)COC[C@H]1c1ccc(Cl)cc1. The third-order valence-electron chi connectivity index (χ3n) is 4.67. The van der Waals surface area contributed by atoms with E-state index in [1.807, 2.05) is 36.1 Å². The molecule has 4 nitrogen and oxygen atoms in total. The van der Waals surface area contributed by atoms with E-state index in [0.717, 1.165) is 5.56 Å². The van der Waals surface area contributed by atoms with Crippen molar-refractivity contribution in [2.75, 3.05) is 19.0 Å². The zero-order valence-electron chi connectivity index (χ0n) is 14.9. The molecule has 0 aromatic heterocycles. The maximum Gasteiger partial charge on any atom is 0.249 e. The maximum atomic E-state index is 12.9. The van der Waals surface area contributed by atoms with E-state index in [9.17, 15) is 9.00 Å². The summed E-state index contributed by atoms with van der Waals surface area (Å²) < 4.78 is 18.4. The molecule has 0 radical (unpaired) electrons. The molecule has 0 N–H and O–H groups in total. The molecule has 2 aromatic carbocycles. The van der Waals surface area contributed by atoms with Gasteiger partial charge in [-0.15, -0.1) is 0 Å². The number of ether oxygens (including phenoxy) is 1. The molecule has 1 amide bonds. The van der Waals surface area contributed by atoms with Crippen LogP contribution in [0.5, 0.6) is 0 Å². The van der Waals surface area contributed by atoms with E-state index in [0.29, 0.717) is 33.7 Å². The monoisotopic (exact) mass is 425 g/mol. The van der Waals surface area contributed by atoms with E-state index in [-0.39, 0.29) is 24.6 Å². The van der Waals surface area contributed by atoms with Crippen LogP contribution in [0.25, 0.3) is 0 Å². The molecule has 1 aliphatic rings. The summed E-state index contributed by atoms with van der Waals surface area (Å²) in [6.45, 7) is 2.44. The molecule has 1 saturated heterocycles. The van der Waals surface area contributed by atoms with Gasteiger partial charge in [0.2, 0.25) is 5.91 Å². The molecule has 1 heterocycles. The van der Waals surface area contributed by atoms with Crippen LogP contribution in [0.3, 0.4) is 0 Å². The van der Waals surface area contributed by atoms with E-state index in [4.69, 9.17) is 27.9 Å².